The summed E-state index contributed by atoms with van der Waals surface area (Å²) in [5, 5.41) is 2.89. The Morgan fingerprint density at radius 3 is 2.62 bits per heavy atom. The molecule has 0 fully saturated rings. The molecule has 6 heteroatoms. The summed E-state index contributed by atoms with van der Waals surface area (Å²) >= 11 is 0. The molecule has 2 aromatic heterocycles. The molecule has 112 valence electrons. The van der Waals surface area contributed by atoms with Gasteiger partial charge in [0, 0.05) is 25.1 Å². The van der Waals surface area contributed by atoms with Gasteiger partial charge in [0.1, 0.15) is 11.4 Å². The van der Waals surface area contributed by atoms with Crippen molar-refractivity contribution in [1.29, 1.82) is 0 Å². The Bertz CT molecular complexity index is 700. The standard InChI is InChI=1S/C15H20N4O2/c1-9(2)12(13-16-7-8-19(13)4)18-15(21)11-6-5-10(3)17-14(11)20/h5-9,12H,1-4H3,(H,17,20)(H,18,21)/t12-/m0/s1. The summed E-state index contributed by atoms with van der Waals surface area (Å²) in [7, 11) is 1.88. The molecule has 0 aliphatic rings. The fourth-order valence-corrected chi connectivity index (χ4v) is 2.18. The maximum absolute atomic E-state index is 12.3. The van der Waals surface area contributed by atoms with Gasteiger partial charge in [-0.25, -0.2) is 4.98 Å². The van der Waals surface area contributed by atoms with Crippen LogP contribution in [0.15, 0.2) is 29.3 Å². The minimum absolute atomic E-state index is 0.112. The SMILES string of the molecule is Cc1ccc(C(=O)N[C@H](c2nccn2C)C(C)C)c(=O)[nH]1. The molecule has 2 heterocycles. The maximum Gasteiger partial charge on any atom is 0.260 e. The Balaban J connectivity index is 2.27. The second-order valence-electron chi connectivity index (χ2n) is 5.48. The van der Waals surface area contributed by atoms with Gasteiger partial charge in [0.05, 0.1) is 6.04 Å². The van der Waals surface area contributed by atoms with Crippen LogP contribution in [-0.4, -0.2) is 20.4 Å². The minimum atomic E-state index is -0.391. The van der Waals surface area contributed by atoms with Gasteiger partial charge >= 0.3 is 0 Å². The van der Waals surface area contributed by atoms with E-state index in [0.29, 0.717) is 0 Å². The Hall–Kier alpha value is -2.37. The lowest BCUT2D eigenvalue weighted by Gasteiger charge is -2.22. The van der Waals surface area contributed by atoms with E-state index in [9.17, 15) is 9.59 Å². The zero-order chi connectivity index (χ0) is 15.6. The predicted molar refractivity (Wildman–Crippen MR) is 80.1 cm³/mol. The first-order chi connectivity index (χ1) is 9.90. The number of carbonyl (C=O) groups excluding carboxylic acids is 1. The molecule has 0 bridgehead atoms. The van der Waals surface area contributed by atoms with Crippen molar-refractivity contribution in [1.82, 2.24) is 19.9 Å². The molecule has 0 aliphatic heterocycles. The molecule has 0 saturated heterocycles. The molecular formula is C15H20N4O2. The number of amides is 1. The highest BCUT2D eigenvalue weighted by atomic mass is 16.2. The molecule has 1 atom stereocenters. The van der Waals surface area contributed by atoms with Crippen molar-refractivity contribution in [3.8, 4) is 0 Å². The third kappa shape index (κ3) is 3.21. The van der Waals surface area contributed by atoms with E-state index in [-0.39, 0.29) is 23.1 Å². The summed E-state index contributed by atoms with van der Waals surface area (Å²) < 4.78 is 1.87. The first-order valence-corrected chi connectivity index (χ1v) is 6.88. The van der Waals surface area contributed by atoms with E-state index in [4.69, 9.17) is 0 Å². The summed E-state index contributed by atoms with van der Waals surface area (Å²) in [5.41, 5.74) is 0.455. The van der Waals surface area contributed by atoms with E-state index in [1.807, 2.05) is 31.7 Å². The van der Waals surface area contributed by atoms with Crippen molar-refractivity contribution < 1.29 is 4.79 Å². The molecule has 2 N–H and O–H groups in total. The molecule has 0 spiro atoms. The third-order valence-electron chi connectivity index (χ3n) is 3.39. The van der Waals surface area contributed by atoms with Crippen LogP contribution in [0.1, 0.15) is 41.8 Å². The van der Waals surface area contributed by atoms with Crippen molar-refractivity contribution in [2.45, 2.75) is 26.8 Å². The van der Waals surface area contributed by atoms with E-state index in [1.165, 1.54) is 0 Å². The summed E-state index contributed by atoms with van der Waals surface area (Å²) in [6.45, 7) is 5.77. The Morgan fingerprint density at radius 2 is 2.10 bits per heavy atom. The number of hydrogen-bond donors (Lipinski definition) is 2. The van der Waals surface area contributed by atoms with Gasteiger partial charge < -0.3 is 14.9 Å². The quantitative estimate of drug-likeness (QED) is 0.895. The minimum Gasteiger partial charge on any atom is -0.342 e. The molecule has 0 saturated carbocycles. The van der Waals surface area contributed by atoms with Gasteiger partial charge in [-0.15, -0.1) is 0 Å². The number of nitrogens with zero attached hydrogens (tertiary/aromatic N) is 2. The van der Waals surface area contributed by atoms with Crippen LogP contribution < -0.4 is 10.9 Å². The molecule has 21 heavy (non-hydrogen) atoms. The number of imidazole rings is 1. The number of pyridine rings is 1. The fraction of sp³-hybridized carbons (Fsp3) is 0.400. The first-order valence-electron chi connectivity index (χ1n) is 6.88. The van der Waals surface area contributed by atoms with E-state index in [0.717, 1.165) is 11.5 Å². The Kier molecular flexibility index (Phi) is 4.26. The number of aromatic amines is 1. The van der Waals surface area contributed by atoms with Gasteiger partial charge in [-0.3, -0.25) is 9.59 Å². The average Bonchev–Trinajstić information content (AvgIpc) is 2.81. The Morgan fingerprint density at radius 1 is 1.38 bits per heavy atom. The molecule has 0 radical (unpaired) electrons. The topological polar surface area (TPSA) is 79.8 Å². The number of nitrogens with one attached hydrogen (secondary N) is 2. The number of H-pyrrole nitrogens is 1. The molecule has 0 aliphatic carbocycles. The lowest BCUT2D eigenvalue weighted by atomic mass is 10.0. The molecule has 2 rings (SSSR count). The van der Waals surface area contributed by atoms with Crippen LogP contribution in [0.25, 0.3) is 0 Å². The fourth-order valence-electron chi connectivity index (χ4n) is 2.18. The van der Waals surface area contributed by atoms with Gasteiger partial charge in [-0.2, -0.15) is 0 Å². The van der Waals surface area contributed by atoms with Crippen LogP contribution in [0.2, 0.25) is 0 Å². The van der Waals surface area contributed by atoms with Crippen LogP contribution >= 0.6 is 0 Å². The zero-order valence-electron chi connectivity index (χ0n) is 12.7. The summed E-state index contributed by atoms with van der Waals surface area (Å²) in [5.74, 6) is 0.527. The second-order valence-corrected chi connectivity index (χ2v) is 5.48. The second kappa shape index (κ2) is 5.95. The van der Waals surface area contributed by atoms with Gasteiger partial charge in [0.25, 0.3) is 11.5 Å². The summed E-state index contributed by atoms with van der Waals surface area (Å²) in [6, 6.07) is 3.00. The van der Waals surface area contributed by atoms with Crippen LogP contribution in [0.3, 0.4) is 0 Å². The first kappa shape index (κ1) is 15.0. The van der Waals surface area contributed by atoms with Crippen molar-refractivity contribution in [2.24, 2.45) is 13.0 Å². The van der Waals surface area contributed by atoms with Crippen molar-refractivity contribution in [3.63, 3.8) is 0 Å². The van der Waals surface area contributed by atoms with E-state index < -0.39 is 5.91 Å². The summed E-state index contributed by atoms with van der Waals surface area (Å²) in [6.07, 6.45) is 3.52. The Labute approximate surface area is 123 Å². The van der Waals surface area contributed by atoms with E-state index in [1.54, 1.807) is 25.3 Å². The van der Waals surface area contributed by atoms with E-state index >= 15 is 0 Å². The normalized spacial score (nSPS) is 12.4. The summed E-state index contributed by atoms with van der Waals surface area (Å²) in [4.78, 5) is 31.1. The van der Waals surface area contributed by atoms with Crippen LogP contribution in [0.4, 0.5) is 0 Å². The highest BCUT2D eigenvalue weighted by Gasteiger charge is 2.23. The zero-order valence-corrected chi connectivity index (χ0v) is 12.7. The van der Waals surface area contributed by atoms with Gasteiger partial charge in [0.2, 0.25) is 0 Å². The third-order valence-corrected chi connectivity index (χ3v) is 3.39. The number of rotatable bonds is 4. The predicted octanol–water partition coefficient (Wildman–Crippen LogP) is 1.54. The van der Waals surface area contributed by atoms with Crippen molar-refractivity contribution in [3.05, 3.63) is 52.0 Å². The number of aromatic nitrogens is 3. The van der Waals surface area contributed by atoms with Gasteiger partial charge in [-0.05, 0) is 25.0 Å². The van der Waals surface area contributed by atoms with Crippen molar-refractivity contribution in [2.75, 3.05) is 0 Å². The molecule has 0 aromatic carbocycles. The van der Waals surface area contributed by atoms with Crippen LogP contribution in [-0.2, 0) is 7.05 Å². The number of hydrogen-bond acceptors (Lipinski definition) is 3. The van der Waals surface area contributed by atoms with Crippen molar-refractivity contribution >= 4 is 5.91 Å². The highest BCUT2D eigenvalue weighted by molar-refractivity contribution is 5.94. The largest absolute Gasteiger partial charge is 0.342 e. The maximum atomic E-state index is 12.3. The van der Waals surface area contributed by atoms with E-state index in [2.05, 4.69) is 15.3 Å². The lowest BCUT2D eigenvalue weighted by molar-refractivity contribution is 0.0921. The number of aryl methyl sites for hydroxylation is 2. The molecule has 2 aromatic rings. The van der Waals surface area contributed by atoms with Gasteiger partial charge in [-0.1, -0.05) is 13.8 Å². The molecule has 0 unspecified atom stereocenters. The molecule has 1 amide bonds. The smallest absolute Gasteiger partial charge is 0.260 e. The monoisotopic (exact) mass is 288 g/mol. The number of carbonyl (C=O) groups is 1. The lowest BCUT2D eigenvalue weighted by Crippen LogP contribution is -2.36. The van der Waals surface area contributed by atoms with Crippen LogP contribution in [0, 0.1) is 12.8 Å². The highest BCUT2D eigenvalue weighted by Crippen LogP contribution is 2.19. The molecular weight excluding hydrogens is 268 g/mol. The molecule has 6 nitrogen and oxygen atoms in total. The average molecular weight is 288 g/mol. The van der Waals surface area contributed by atoms with Gasteiger partial charge in [0.15, 0.2) is 0 Å². The van der Waals surface area contributed by atoms with Crippen LogP contribution in [0.5, 0.6) is 0 Å².